The number of rotatable bonds is 4. The summed E-state index contributed by atoms with van der Waals surface area (Å²) in [4.78, 5) is 13.2. The van der Waals surface area contributed by atoms with Gasteiger partial charge in [0.2, 0.25) is 0 Å². The van der Waals surface area contributed by atoms with Crippen LogP contribution in [-0.2, 0) is 13.6 Å². The molecule has 1 aromatic carbocycles. The van der Waals surface area contributed by atoms with Crippen molar-refractivity contribution in [1.82, 2.24) is 24.6 Å². The second kappa shape index (κ2) is 7.40. The van der Waals surface area contributed by atoms with Gasteiger partial charge in [0.05, 0.1) is 6.20 Å². The first-order valence-electron chi connectivity index (χ1n) is 8.81. The molecule has 27 heavy (non-hydrogen) atoms. The zero-order chi connectivity index (χ0) is 18.8. The van der Waals surface area contributed by atoms with E-state index in [0.717, 1.165) is 38.8 Å². The minimum absolute atomic E-state index is 0.397. The third kappa shape index (κ3) is 3.95. The summed E-state index contributed by atoms with van der Waals surface area (Å²) >= 11 is 0. The van der Waals surface area contributed by atoms with Gasteiger partial charge in [-0.05, 0) is 12.1 Å². The van der Waals surface area contributed by atoms with Crippen molar-refractivity contribution in [3.8, 4) is 11.3 Å². The molecule has 0 spiro atoms. The Morgan fingerprint density at radius 3 is 2.33 bits per heavy atom. The Morgan fingerprint density at radius 2 is 1.67 bits per heavy atom. The molecule has 3 heterocycles. The topological polar surface area (TPSA) is 50.1 Å². The monoisotopic (exact) mass is 370 g/mol. The number of anilines is 1. The molecule has 1 aliphatic rings. The summed E-state index contributed by atoms with van der Waals surface area (Å²) < 4.78 is 29.1. The van der Waals surface area contributed by atoms with E-state index in [1.165, 1.54) is 17.7 Å². The van der Waals surface area contributed by atoms with Gasteiger partial charge in [0.25, 0.3) is 0 Å². The van der Waals surface area contributed by atoms with Gasteiger partial charge in [-0.2, -0.15) is 5.10 Å². The van der Waals surface area contributed by atoms with Gasteiger partial charge in [-0.15, -0.1) is 0 Å². The van der Waals surface area contributed by atoms with Crippen molar-refractivity contribution >= 4 is 5.82 Å². The average molecular weight is 370 g/mol. The van der Waals surface area contributed by atoms with Crippen LogP contribution < -0.4 is 4.90 Å². The highest BCUT2D eigenvalue weighted by Crippen LogP contribution is 2.28. The van der Waals surface area contributed by atoms with Crippen LogP contribution in [0.25, 0.3) is 11.3 Å². The van der Waals surface area contributed by atoms with Crippen LogP contribution in [0.15, 0.2) is 43.0 Å². The summed E-state index contributed by atoms with van der Waals surface area (Å²) in [6.45, 7) is 4.11. The standard InChI is InChI=1S/C19H20F2N6/c1-25-12-14(11-24-25)13-26-4-6-27(7-5-26)19-18(22-2-3-23-19)15-8-16(20)10-17(21)9-15/h2-3,8-12H,4-7,13H2,1H3. The molecule has 1 saturated heterocycles. The molecule has 0 aliphatic carbocycles. The van der Waals surface area contributed by atoms with Gasteiger partial charge < -0.3 is 4.90 Å². The molecule has 1 fully saturated rings. The highest BCUT2D eigenvalue weighted by molar-refractivity contribution is 5.72. The Balaban J connectivity index is 1.50. The highest BCUT2D eigenvalue weighted by atomic mass is 19.1. The third-order valence-electron chi connectivity index (χ3n) is 4.65. The number of aromatic nitrogens is 4. The van der Waals surface area contributed by atoms with Gasteiger partial charge in [0.1, 0.15) is 17.3 Å². The number of aryl methyl sites for hydroxylation is 1. The van der Waals surface area contributed by atoms with Crippen molar-refractivity contribution < 1.29 is 8.78 Å². The minimum atomic E-state index is -0.622. The molecule has 0 atom stereocenters. The molecule has 4 rings (SSSR count). The SMILES string of the molecule is Cn1cc(CN2CCN(c3nccnc3-c3cc(F)cc(F)c3)CC2)cn1. The second-order valence-electron chi connectivity index (χ2n) is 6.67. The maximum absolute atomic E-state index is 13.6. The molecule has 1 aliphatic heterocycles. The Labute approximate surface area is 156 Å². The molecule has 0 unspecified atom stereocenters. The van der Waals surface area contributed by atoms with Crippen LogP contribution in [0.5, 0.6) is 0 Å². The molecular formula is C19H20F2N6. The lowest BCUT2D eigenvalue weighted by atomic mass is 10.1. The molecule has 0 saturated carbocycles. The molecule has 8 heteroatoms. The Kier molecular flexibility index (Phi) is 4.81. The number of hydrogen-bond acceptors (Lipinski definition) is 5. The van der Waals surface area contributed by atoms with Gasteiger partial charge in [-0.3, -0.25) is 14.6 Å². The number of halogens is 2. The molecular weight excluding hydrogens is 350 g/mol. The summed E-state index contributed by atoms with van der Waals surface area (Å²) in [5.74, 6) is -0.589. The van der Waals surface area contributed by atoms with Crippen LogP contribution in [0.4, 0.5) is 14.6 Å². The van der Waals surface area contributed by atoms with Gasteiger partial charge >= 0.3 is 0 Å². The van der Waals surface area contributed by atoms with E-state index in [1.807, 2.05) is 19.4 Å². The van der Waals surface area contributed by atoms with Crippen LogP contribution in [0.3, 0.4) is 0 Å². The van der Waals surface area contributed by atoms with E-state index in [4.69, 9.17) is 0 Å². The summed E-state index contributed by atoms with van der Waals surface area (Å²) in [5, 5.41) is 4.20. The predicted octanol–water partition coefficient (Wildman–Crippen LogP) is 2.48. The van der Waals surface area contributed by atoms with Crippen LogP contribution >= 0.6 is 0 Å². The molecule has 0 N–H and O–H groups in total. The first kappa shape index (κ1) is 17.5. The summed E-state index contributed by atoms with van der Waals surface area (Å²) in [7, 11) is 1.91. The predicted molar refractivity (Wildman–Crippen MR) is 98.1 cm³/mol. The number of hydrogen-bond donors (Lipinski definition) is 0. The van der Waals surface area contributed by atoms with Gasteiger partial charge in [-0.25, -0.2) is 13.8 Å². The maximum Gasteiger partial charge on any atom is 0.155 e. The van der Waals surface area contributed by atoms with E-state index >= 15 is 0 Å². The molecule has 0 amide bonds. The largest absolute Gasteiger partial charge is 0.352 e. The zero-order valence-corrected chi connectivity index (χ0v) is 15.0. The highest BCUT2D eigenvalue weighted by Gasteiger charge is 2.22. The van der Waals surface area contributed by atoms with E-state index in [2.05, 4.69) is 24.9 Å². The smallest absolute Gasteiger partial charge is 0.155 e. The second-order valence-corrected chi connectivity index (χ2v) is 6.67. The van der Waals surface area contributed by atoms with E-state index in [-0.39, 0.29) is 0 Å². The molecule has 2 aromatic heterocycles. The van der Waals surface area contributed by atoms with Gasteiger partial charge in [0, 0.05) is 75.6 Å². The average Bonchev–Trinajstić information content (AvgIpc) is 3.06. The summed E-state index contributed by atoms with van der Waals surface area (Å²) in [5.41, 5.74) is 2.08. The lowest BCUT2D eigenvalue weighted by molar-refractivity contribution is 0.249. The van der Waals surface area contributed by atoms with Crippen molar-refractivity contribution in [2.24, 2.45) is 7.05 Å². The fourth-order valence-electron chi connectivity index (χ4n) is 3.39. The molecule has 140 valence electrons. The van der Waals surface area contributed by atoms with E-state index < -0.39 is 11.6 Å². The van der Waals surface area contributed by atoms with Crippen LogP contribution in [0.1, 0.15) is 5.56 Å². The van der Waals surface area contributed by atoms with Gasteiger partial charge in [0.15, 0.2) is 5.82 Å². The van der Waals surface area contributed by atoms with Crippen molar-refractivity contribution in [1.29, 1.82) is 0 Å². The Bertz CT molecular complexity index is 913. The van der Waals surface area contributed by atoms with Crippen molar-refractivity contribution in [3.05, 3.63) is 60.2 Å². The van der Waals surface area contributed by atoms with Crippen molar-refractivity contribution in [2.75, 3.05) is 31.1 Å². The minimum Gasteiger partial charge on any atom is -0.352 e. The lowest BCUT2D eigenvalue weighted by Gasteiger charge is -2.35. The molecule has 0 radical (unpaired) electrons. The normalized spacial score (nSPS) is 15.3. The van der Waals surface area contributed by atoms with Gasteiger partial charge in [-0.1, -0.05) is 0 Å². The fourth-order valence-corrected chi connectivity index (χ4v) is 3.39. The zero-order valence-electron chi connectivity index (χ0n) is 15.0. The van der Waals surface area contributed by atoms with E-state index in [0.29, 0.717) is 17.1 Å². The van der Waals surface area contributed by atoms with Crippen LogP contribution in [-0.4, -0.2) is 50.8 Å². The molecule has 0 bridgehead atoms. The molecule has 3 aromatic rings. The number of nitrogens with zero attached hydrogens (tertiary/aromatic N) is 6. The van der Waals surface area contributed by atoms with Crippen molar-refractivity contribution in [3.63, 3.8) is 0 Å². The van der Waals surface area contributed by atoms with Crippen LogP contribution in [0, 0.1) is 11.6 Å². The van der Waals surface area contributed by atoms with Crippen molar-refractivity contribution in [2.45, 2.75) is 6.54 Å². The third-order valence-corrected chi connectivity index (χ3v) is 4.65. The Morgan fingerprint density at radius 1 is 0.963 bits per heavy atom. The summed E-state index contributed by atoms with van der Waals surface area (Å²) in [6.07, 6.45) is 7.05. The fraction of sp³-hybridized carbons (Fsp3) is 0.316. The first-order chi connectivity index (χ1) is 13.1. The van der Waals surface area contributed by atoms with E-state index in [1.54, 1.807) is 17.1 Å². The number of piperazine rings is 1. The maximum atomic E-state index is 13.6. The number of benzene rings is 1. The molecule has 6 nitrogen and oxygen atoms in total. The Hall–Kier alpha value is -2.87. The van der Waals surface area contributed by atoms with Crippen LogP contribution in [0.2, 0.25) is 0 Å². The quantitative estimate of drug-likeness (QED) is 0.706. The van der Waals surface area contributed by atoms with E-state index in [9.17, 15) is 8.78 Å². The lowest BCUT2D eigenvalue weighted by Crippen LogP contribution is -2.46. The summed E-state index contributed by atoms with van der Waals surface area (Å²) in [6, 6.07) is 3.43. The first-order valence-corrected chi connectivity index (χ1v) is 8.81.